The molecule has 1 heterocycles. The molecule has 6 heteroatoms. The smallest absolute Gasteiger partial charge is 0.229 e. The van der Waals surface area contributed by atoms with Crippen molar-refractivity contribution in [2.24, 2.45) is 0 Å². The van der Waals surface area contributed by atoms with Gasteiger partial charge >= 0.3 is 0 Å². The van der Waals surface area contributed by atoms with Gasteiger partial charge in [-0.25, -0.2) is 0 Å². The third-order valence-corrected chi connectivity index (χ3v) is 3.88. The Kier molecular flexibility index (Phi) is 4.00. The van der Waals surface area contributed by atoms with Crippen LogP contribution in [0.15, 0.2) is 24.3 Å². The summed E-state index contributed by atoms with van der Waals surface area (Å²) in [4.78, 5) is 8.67. The van der Waals surface area contributed by atoms with Crippen LogP contribution in [0.2, 0.25) is 0 Å². The highest BCUT2D eigenvalue weighted by atomic mass is 16.5. The average Bonchev–Trinajstić information content (AvgIpc) is 2.54. The number of hydrogen-bond acceptors (Lipinski definition) is 6. The molecule has 0 fully saturated rings. The summed E-state index contributed by atoms with van der Waals surface area (Å²) in [5.41, 5.74) is 9.23. The van der Waals surface area contributed by atoms with Gasteiger partial charge in [-0.05, 0) is 42.5 Å². The largest absolute Gasteiger partial charge is 0.481 e. The SMILES string of the molecule is COc1cc(OC)nc(NC2CCCc3cc(N)ccc32)n1. The highest BCUT2D eigenvalue weighted by Crippen LogP contribution is 2.33. The molecular weight excluding hydrogens is 280 g/mol. The summed E-state index contributed by atoms with van der Waals surface area (Å²) in [7, 11) is 3.15. The van der Waals surface area contributed by atoms with Crippen LogP contribution in [0.1, 0.15) is 30.0 Å². The lowest BCUT2D eigenvalue weighted by Crippen LogP contribution is -2.19. The number of methoxy groups -OCH3 is 2. The van der Waals surface area contributed by atoms with Crippen LogP contribution in [0.4, 0.5) is 11.6 Å². The molecule has 0 saturated heterocycles. The third kappa shape index (κ3) is 2.90. The third-order valence-electron chi connectivity index (χ3n) is 3.88. The number of benzene rings is 1. The lowest BCUT2D eigenvalue weighted by atomic mass is 9.87. The van der Waals surface area contributed by atoms with Gasteiger partial charge in [0, 0.05) is 5.69 Å². The van der Waals surface area contributed by atoms with E-state index in [4.69, 9.17) is 15.2 Å². The lowest BCUT2D eigenvalue weighted by molar-refractivity contribution is 0.372. The van der Waals surface area contributed by atoms with Crippen LogP contribution < -0.4 is 20.5 Å². The number of ether oxygens (including phenoxy) is 2. The summed E-state index contributed by atoms with van der Waals surface area (Å²) in [5.74, 6) is 1.45. The number of nitrogens with one attached hydrogen (secondary N) is 1. The molecule has 0 spiro atoms. The zero-order chi connectivity index (χ0) is 15.5. The number of nitrogen functional groups attached to an aromatic ring is 1. The minimum Gasteiger partial charge on any atom is -0.481 e. The van der Waals surface area contributed by atoms with Crippen molar-refractivity contribution in [3.63, 3.8) is 0 Å². The van der Waals surface area contributed by atoms with E-state index in [0.717, 1.165) is 24.9 Å². The molecule has 0 bridgehead atoms. The molecule has 116 valence electrons. The summed E-state index contributed by atoms with van der Waals surface area (Å²) in [6, 6.07) is 7.89. The number of anilines is 2. The normalized spacial score (nSPS) is 16.7. The summed E-state index contributed by atoms with van der Waals surface area (Å²) in [6.07, 6.45) is 3.19. The second kappa shape index (κ2) is 6.09. The fraction of sp³-hybridized carbons (Fsp3) is 0.375. The Morgan fingerprint density at radius 1 is 1.14 bits per heavy atom. The van der Waals surface area contributed by atoms with Gasteiger partial charge in [0.15, 0.2) is 0 Å². The summed E-state index contributed by atoms with van der Waals surface area (Å²) < 4.78 is 10.4. The van der Waals surface area contributed by atoms with Crippen LogP contribution in [-0.2, 0) is 6.42 Å². The molecular formula is C16H20N4O2. The van der Waals surface area contributed by atoms with Crippen molar-refractivity contribution in [3.8, 4) is 11.8 Å². The second-order valence-electron chi connectivity index (χ2n) is 5.32. The van der Waals surface area contributed by atoms with Gasteiger partial charge in [0.2, 0.25) is 17.7 Å². The van der Waals surface area contributed by atoms with Crippen LogP contribution in [-0.4, -0.2) is 24.2 Å². The number of aromatic nitrogens is 2. The van der Waals surface area contributed by atoms with Crippen molar-refractivity contribution in [1.82, 2.24) is 9.97 Å². The van der Waals surface area contributed by atoms with Crippen molar-refractivity contribution in [2.75, 3.05) is 25.3 Å². The van der Waals surface area contributed by atoms with E-state index in [1.165, 1.54) is 11.1 Å². The predicted molar refractivity (Wildman–Crippen MR) is 85.3 cm³/mol. The maximum absolute atomic E-state index is 5.88. The van der Waals surface area contributed by atoms with Gasteiger partial charge in [0.1, 0.15) is 0 Å². The first-order valence-corrected chi connectivity index (χ1v) is 7.31. The predicted octanol–water partition coefficient (Wildman–Crippen LogP) is 2.57. The quantitative estimate of drug-likeness (QED) is 0.844. The van der Waals surface area contributed by atoms with E-state index in [9.17, 15) is 0 Å². The maximum atomic E-state index is 5.88. The molecule has 1 aromatic heterocycles. The minimum absolute atomic E-state index is 0.168. The maximum Gasteiger partial charge on any atom is 0.229 e. The molecule has 1 atom stereocenters. The van der Waals surface area contributed by atoms with Crippen molar-refractivity contribution in [2.45, 2.75) is 25.3 Å². The van der Waals surface area contributed by atoms with Crippen molar-refractivity contribution in [3.05, 3.63) is 35.4 Å². The first-order valence-electron chi connectivity index (χ1n) is 7.31. The van der Waals surface area contributed by atoms with Gasteiger partial charge in [-0.2, -0.15) is 9.97 Å². The van der Waals surface area contributed by atoms with E-state index in [1.807, 2.05) is 6.07 Å². The molecule has 0 amide bonds. The van der Waals surface area contributed by atoms with Gasteiger partial charge in [0.25, 0.3) is 0 Å². The zero-order valence-corrected chi connectivity index (χ0v) is 12.8. The Bertz CT molecular complexity index is 653. The van der Waals surface area contributed by atoms with E-state index in [0.29, 0.717) is 17.7 Å². The van der Waals surface area contributed by atoms with Crippen molar-refractivity contribution >= 4 is 11.6 Å². The highest BCUT2D eigenvalue weighted by Gasteiger charge is 2.21. The Morgan fingerprint density at radius 2 is 1.86 bits per heavy atom. The molecule has 0 saturated carbocycles. The number of nitrogens with two attached hydrogens (primary N) is 1. The summed E-state index contributed by atoms with van der Waals surface area (Å²) in [5, 5.41) is 3.38. The Labute approximate surface area is 129 Å². The van der Waals surface area contributed by atoms with E-state index < -0.39 is 0 Å². The van der Waals surface area contributed by atoms with Gasteiger partial charge in [0.05, 0.1) is 26.3 Å². The standard InChI is InChI=1S/C16H20N4O2/c1-21-14-9-15(22-2)20-16(19-14)18-13-5-3-4-10-8-11(17)6-7-12(10)13/h6-9,13H,3-5,17H2,1-2H3,(H,18,19,20). The molecule has 1 aromatic carbocycles. The summed E-state index contributed by atoms with van der Waals surface area (Å²) in [6.45, 7) is 0. The van der Waals surface area contributed by atoms with Crippen molar-refractivity contribution in [1.29, 1.82) is 0 Å². The van der Waals surface area contributed by atoms with E-state index in [-0.39, 0.29) is 6.04 Å². The number of nitrogens with zero attached hydrogens (tertiary/aromatic N) is 2. The minimum atomic E-state index is 0.168. The number of aryl methyl sites for hydroxylation is 1. The Morgan fingerprint density at radius 3 is 2.55 bits per heavy atom. The molecule has 2 aromatic rings. The Balaban J connectivity index is 1.88. The lowest BCUT2D eigenvalue weighted by Gasteiger charge is -2.26. The number of rotatable bonds is 4. The average molecular weight is 300 g/mol. The van der Waals surface area contributed by atoms with Crippen LogP contribution in [0.25, 0.3) is 0 Å². The first-order chi connectivity index (χ1) is 10.7. The van der Waals surface area contributed by atoms with Crippen molar-refractivity contribution < 1.29 is 9.47 Å². The topological polar surface area (TPSA) is 82.3 Å². The van der Waals surface area contributed by atoms with Gasteiger partial charge in [-0.3, -0.25) is 0 Å². The zero-order valence-electron chi connectivity index (χ0n) is 12.8. The number of hydrogen-bond donors (Lipinski definition) is 2. The molecule has 0 radical (unpaired) electrons. The van der Waals surface area contributed by atoms with Gasteiger partial charge in [-0.1, -0.05) is 6.07 Å². The molecule has 1 aliphatic carbocycles. The molecule has 3 N–H and O–H groups in total. The van der Waals surface area contributed by atoms with Gasteiger partial charge in [-0.15, -0.1) is 0 Å². The van der Waals surface area contributed by atoms with Crippen LogP contribution >= 0.6 is 0 Å². The Hall–Kier alpha value is -2.50. The molecule has 22 heavy (non-hydrogen) atoms. The fourth-order valence-corrected chi connectivity index (χ4v) is 2.82. The van der Waals surface area contributed by atoms with Crippen LogP contribution in [0.5, 0.6) is 11.8 Å². The van der Waals surface area contributed by atoms with E-state index in [1.54, 1.807) is 20.3 Å². The molecule has 1 unspecified atom stereocenters. The number of fused-ring (bicyclic) bond motifs is 1. The fourth-order valence-electron chi connectivity index (χ4n) is 2.82. The van der Waals surface area contributed by atoms with Crippen LogP contribution in [0, 0.1) is 0 Å². The summed E-state index contributed by atoms with van der Waals surface area (Å²) >= 11 is 0. The molecule has 1 aliphatic rings. The first kappa shape index (κ1) is 14.4. The molecule has 0 aliphatic heterocycles. The molecule has 3 rings (SSSR count). The van der Waals surface area contributed by atoms with E-state index in [2.05, 4.69) is 27.4 Å². The highest BCUT2D eigenvalue weighted by molar-refractivity contribution is 5.48. The van der Waals surface area contributed by atoms with Gasteiger partial charge < -0.3 is 20.5 Å². The monoisotopic (exact) mass is 300 g/mol. The van der Waals surface area contributed by atoms with Crippen LogP contribution in [0.3, 0.4) is 0 Å². The van der Waals surface area contributed by atoms with E-state index >= 15 is 0 Å². The second-order valence-corrected chi connectivity index (χ2v) is 5.32. The molecule has 6 nitrogen and oxygen atoms in total.